The number of aromatic nitrogens is 4. The number of rotatable bonds is 4. The molecule has 0 bridgehead atoms. The van der Waals surface area contributed by atoms with E-state index in [1.54, 1.807) is 11.9 Å². The Labute approximate surface area is 174 Å². The SMILES string of the molecule is CN1CCC[C@@H]1C(=O)N[C@@H]1[C@@H](O)[C@H](O)[C@@H](Nc2ncnc3nc[nH]c23)O[C@H]1C(F)(F)F. The predicted octanol–water partition coefficient (Wildman–Crippen LogP) is -0.647. The lowest BCUT2D eigenvalue weighted by atomic mass is 9.94. The second-order valence-corrected chi connectivity index (χ2v) is 7.64. The van der Waals surface area contributed by atoms with Crippen molar-refractivity contribution in [3.63, 3.8) is 0 Å². The molecule has 2 aliphatic rings. The van der Waals surface area contributed by atoms with Gasteiger partial charge in [0.05, 0.1) is 18.4 Å². The molecule has 0 unspecified atom stereocenters. The Morgan fingerprint density at radius 2 is 2.06 bits per heavy atom. The highest BCUT2D eigenvalue weighted by atomic mass is 19.4. The first-order chi connectivity index (χ1) is 14.7. The van der Waals surface area contributed by atoms with Crippen LogP contribution in [0.5, 0.6) is 0 Å². The van der Waals surface area contributed by atoms with E-state index in [0.717, 1.165) is 12.7 Å². The number of hydrogen-bond donors (Lipinski definition) is 5. The van der Waals surface area contributed by atoms with Crippen LogP contribution < -0.4 is 10.6 Å². The van der Waals surface area contributed by atoms with E-state index in [2.05, 4.69) is 30.6 Å². The van der Waals surface area contributed by atoms with E-state index in [9.17, 15) is 28.2 Å². The number of carbonyl (C=O) groups is 1. The van der Waals surface area contributed by atoms with Crippen LogP contribution in [-0.4, -0.2) is 97.3 Å². The largest absolute Gasteiger partial charge is 0.416 e. The fourth-order valence-electron chi connectivity index (χ4n) is 3.97. The number of likely N-dealkylation sites (tertiary alicyclic amines) is 1. The number of carbonyl (C=O) groups excluding carboxylic acids is 1. The van der Waals surface area contributed by atoms with Crippen LogP contribution in [0.15, 0.2) is 12.7 Å². The van der Waals surface area contributed by atoms with Gasteiger partial charge in [-0.1, -0.05) is 0 Å². The average molecular weight is 445 g/mol. The van der Waals surface area contributed by atoms with Crippen LogP contribution in [0.3, 0.4) is 0 Å². The van der Waals surface area contributed by atoms with E-state index in [0.29, 0.717) is 13.0 Å². The van der Waals surface area contributed by atoms with E-state index < -0.39 is 48.7 Å². The smallest absolute Gasteiger partial charge is 0.388 e. The van der Waals surface area contributed by atoms with Crippen LogP contribution in [0.2, 0.25) is 0 Å². The maximum Gasteiger partial charge on any atom is 0.416 e. The summed E-state index contributed by atoms with van der Waals surface area (Å²) in [5, 5.41) is 25.8. The molecule has 170 valence electrons. The number of aliphatic hydroxyl groups excluding tert-OH is 2. The number of anilines is 1. The number of H-pyrrole nitrogens is 1. The van der Waals surface area contributed by atoms with Crippen LogP contribution in [0, 0.1) is 0 Å². The number of amides is 1. The molecule has 0 spiro atoms. The van der Waals surface area contributed by atoms with Gasteiger partial charge in [0.15, 0.2) is 23.8 Å². The molecule has 14 heteroatoms. The lowest BCUT2D eigenvalue weighted by Gasteiger charge is -2.44. The molecule has 5 N–H and O–H groups in total. The van der Waals surface area contributed by atoms with Gasteiger partial charge in [0.25, 0.3) is 0 Å². The van der Waals surface area contributed by atoms with Crippen molar-refractivity contribution in [2.75, 3.05) is 18.9 Å². The van der Waals surface area contributed by atoms with Gasteiger partial charge in [0.1, 0.15) is 24.1 Å². The van der Waals surface area contributed by atoms with Crippen LogP contribution >= 0.6 is 0 Å². The summed E-state index contributed by atoms with van der Waals surface area (Å²) in [5.41, 5.74) is 0.539. The van der Waals surface area contributed by atoms with Crippen LogP contribution in [0.1, 0.15) is 12.8 Å². The highest BCUT2D eigenvalue weighted by Crippen LogP contribution is 2.34. The summed E-state index contributed by atoms with van der Waals surface area (Å²) in [5.74, 6) is -0.620. The predicted molar refractivity (Wildman–Crippen MR) is 99.6 cm³/mol. The summed E-state index contributed by atoms with van der Waals surface area (Å²) in [6, 6.07) is -2.49. The Kier molecular flexibility index (Phi) is 5.72. The third-order valence-electron chi connectivity index (χ3n) is 5.60. The van der Waals surface area contributed by atoms with Gasteiger partial charge in [-0.25, -0.2) is 15.0 Å². The number of nitrogens with one attached hydrogen (secondary N) is 3. The summed E-state index contributed by atoms with van der Waals surface area (Å²) < 4.78 is 46.4. The normalized spacial score (nSPS) is 32.3. The molecule has 0 radical (unpaired) electrons. The summed E-state index contributed by atoms with van der Waals surface area (Å²) in [6.07, 6.45) is -9.20. The van der Waals surface area contributed by atoms with E-state index in [1.165, 1.54) is 6.33 Å². The number of likely N-dealkylation sites (N-methyl/N-ethyl adjacent to an activating group) is 1. The second kappa shape index (κ2) is 8.18. The minimum Gasteiger partial charge on any atom is -0.388 e. The van der Waals surface area contributed by atoms with Gasteiger partial charge < -0.3 is 30.6 Å². The van der Waals surface area contributed by atoms with Crippen molar-refractivity contribution in [3.8, 4) is 0 Å². The zero-order valence-electron chi connectivity index (χ0n) is 16.4. The molecule has 2 saturated heterocycles. The molecule has 0 aliphatic carbocycles. The van der Waals surface area contributed by atoms with Crippen molar-refractivity contribution < 1.29 is 32.9 Å². The minimum atomic E-state index is -4.92. The van der Waals surface area contributed by atoms with Gasteiger partial charge >= 0.3 is 6.18 Å². The topological polar surface area (TPSA) is 149 Å². The van der Waals surface area contributed by atoms with E-state index in [1.807, 2.05) is 0 Å². The molecule has 0 saturated carbocycles. The summed E-state index contributed by atoms with van der Waals surface area (Å²) in [7, 11) is 1.69. The maximum absolute atomic E-state index is 13.8. The number of ether oxygens (including phenoxy) is 1. The number of hydrogen-bond acceptors (Lipinski definition) is 9. The lowest BCUT2D eigenvalue weighted by molar-refractivity contribution is -0.281. The first-order valence-electron chi connectivity index (χ1n) is 9.66. The first kappa shape index (κ1) is 21.7. The van der Waals surface area contributed by atoms with Crippen molar-refractivity contribution in [1.29, 1.82) is 0 Å². The minimum absolute atomic E-state index is 0.0368. The van der Waals surface area contributed by atoms with E-state index >= 15 is 0 Å². The average Bonchev–Trinajstić information content (AvgIpc) is 3.35. The molecule has 2 aliphatic heterocycles. The number of fused-ring (bicyclic) bond motifs is 1. The Hall–Kier alpha value is -2.55. The third kappa shape index (κ3) is 4.15. The van der Waals surface area contributed by atoms with Gasteiger partial charge in [-0.2, -0.15) is 13.2 Å². The van der Waals surface area contributed by atoms with Gasteiger partial charge in [-0.15, -0.1) is 0 Å². The molecule has 2 aromatic rings. The molecule has 1 amide bonds. The van der Waals surface area contributed by atoms with Gasteiger partial charge in [0, 0.05) is 0 Å². The second-order valence-electron chi connectivity index (χ2n) is 7.64. The van der Waals surface area contributed by atoms with Gasteiger partial charge in [-0.05, 0) is 26.4 Å². The van der Waals surface area contributed by atoms with E-state index in [4.69, 9.17) is 4.74 Å². The molecule has 31 heavy (non-hydrogen) atoms. The quantitative estimate of drug-likeness (QED) is 0.414. The number of imidazole rings is 1. The zero-order chi connectivity index (χ0) is 22.3. The molecule has 4 rings (SSSR count). The number of nitrogens with zero attached hydrogens (tertiary/aromatic N) is 4. The summed E-state index contributed by atoms with van der Waals surface area (Å²) in [6.45, 7) is 0.639. The molecule has 6 atom stereocenters. The van der Waals surface area contributed by atoms with Crippen molar-refractivity contribution in [1.82, 2.24) is 30.2 Å². The Morgan fingerprint density at radius 1 is 1.29 bits per heavy atom. The van der Waals surface area contributed by atoms with Crippen molar-refractivity contribution in [2.24, 2.45) is 0 Å². The first-order valence-corrected chi connectivity index (χ1v) is 9.66. The van der Waals surface area contributed by atoms with Crippen LogP contribution in [0.4, 0.5) is 19.0 Å². The van der Waals surface area contributed by atoms with Crippen LogP contribution in [0.25, 0.3) is 11.2 Å². The standard InChI is InChI=1S/C17H22F3N7O4/c1-27-4-2-3-7(27)15(30)25-8-10(28)11(29)16(31-12(8)17(18,19)20)26-14-9-13(22-5-21-9)23-6-24-14/h5-8,10-12,16,28-29H,2-4H2,1H3,(H,25,30)(H2,21,22,23,24,26)/t7-,8-,10-,11+,12-,16+/m1/s1. The molecule has 2 aromatic heterocycles. The van der Waals surface area contributed by atoms with Gasteiger partial charge in [0.2, 0.25) is 5.91 Å². The fourth-order valence-corrected chi connectivity index (χ4v) is 3.97. The molecular weight excluding hydrogens is 423 g/mol. The molecule has 4 heterocycles. The highest BCUT2D eigenvalue weighted by molar-refractivity contribution is 5.83. The zero-order valence-corrected chi connectivity index (χ0v) is 16.4. The monoisotopic (exact) mass is 445 g/mol. The maximum atomic E-state index is 13.8. The Balaban J connectivity index is 1.55. The number of halogens is 3. The van der Waals surface area contributed by atoms with Crippen molar-refractivity contribution in [3.05, 3.63) is 12.7 Å². The summed E-state index contributed by atoms with van der Waals surface area (Å²) in [4.78, 5) is 28.7. The molecule has 0 aromatic carbocycles. The number of alkyl halides is 3. The molecule has 2 fully saturated rings. The van der Waals surface area contributed by atoms with Crippen LogP contribution in [-0.2, 0) is 9.53 Å². The Bertz CT molecular complexity index is 942. The lowest BCUT2D eigenvalue weighted by Crippen LogP contribution is -2.69. The molecular formula is C17H22F3N7O4. The number of aliphatic hydroxyl groups is 2. The number of aromatic amines is 1. The van der Waals surface area contributed by atoms with E-state index in [-0.39, 0.29) is 17.0 Å². The third-order valence-corrected chi connectivity index (χ3v) is 5.60. The van der Waals surface area contributed by atoms with Crippen molar-refractivity contribution >= 4 is 22.9 Å². The highest BCUT2D eigenvalue weighted by Gasteiger charge is 2.56. The Morgan fingerprint density at radius 3 is 2.74 bits per heavy atom. The molecule has 11 nitrogen and oxygen atoms in total. The fraction of sp³-hybridized carbons (Fsp3) is 0.647. The van der Waals surface area contributed by atoms with Gasteiger partial charge in [-0.3, -0.25) is 9.69 Å². The van der Waals surface area contributed by atoms with Crippen molar-refractivity contribution in [2.45, 2.75) is 55.6 Å². The summed E-state index contributed by atoms with van der Waals surface area (Å²) >= 11 is 0.